The van der Waals surface area contributed by atoms with Crippen LogP contribution in [-0.4, -0.2) is 11.0 Å². The highest BCUT2D eigenvalue weighted by Crippen LogP contribution is 2.20. The van der Waals surface area contributed by atoms with Gasteiger partial charge in [-0.1, -0.05) is 30.3 Å². The van der Waals surface area contributed by atoms with Crippen molar-refractivity contribution in [2.24, 2.45) is 0 Å². The molecule has 2 rings (SSSR count). The van der Waals surface area contributed by atoms with Crippen LogP contribution in [0, 0.1) is 6.92 Å². The topological polar surface area (TPSA) is 49.3 Å². The second-order valence-corrected chi connectivity index (χ2v) is 4.54. The van der Waals surface area contributed by atoms with Crippen LogP contribution in [0.5, 0.6) is 5.75 Å². The van der Waals surface area contributed by atoms with E-state index in [9.17, 15) is 9.90 Å². The maximum atomic E-state index is 11.8. The summed E-state index contributed by atoms with van der Waals surface area (Å²) in [6.07, 6.45) is 1.17. The molecule has 19 heavy (non-hydrogen) atoms. The lowest BCUT2D eigenvalue weighted by Crippen LogP contribution is -2.12. The number of aromatic hydroxyl groups is 1. The SMILES string of the molecule is Cc1cc(NC(=O)CCc2ccccc2)ccc1O. The fraction of sp³-hybridized carbons (Fsp3) is 0.188. The van der Waals surface area contributed by atoms with Crippen molar-refractivity contribution in [1.29, 1.82) is 0 Å². The van der Waals surface area contributed by atoms with Gasteiger partial charge in [-0.25, -0.2) is 0 Å². The summed E-state index contributed by atoms with van der Waals surface area (Å²) in [5, 5.41) is 12.2. The molecule has 0 spiro atoms. The number of rotatable bonds is 4. The number of carbonyl (C=O) groups is 1. The smallest absolute Gasteiger partial charge is 0.224 e. The van der Waals surface area contributed by atoms with Crippen molar-refractivity contribution in [1.82, 2.24) is 0 Å². The molecule has 3 nitrogen and oxygen atoms in total. The van der Waals surface area contributed by atoms with Gasteiger partial charge in [0.05, 0.1) is 0 Å². The van der Waals surface area contributed by atoms with E-state index in [4.69, 9.17) is 0 Å². The highest BCUT2D eigenvalue weighted by atomic mass is 16.3. The Labute approximate surface area is 112 Å². The van der Waals surface area contributed by atoms with E-state index in [1.54, 1.807) is 25.1 Å². The third kappa shape index (κ3) is 3.85. The molecule has 0 aliphatic carbocycles. The molecule has 2 N–H and O–H groups in total. The van der Waals surface area contributed by atoms with Crippen LogP contribution in [0.1, 0.15) is 17.5 Å². The molecule has 0 aliphatic rings. The monoisotopic (exact) mass is 255 g/mol. The summed E-state index contributed by atoms with van der Waals surface area (Å²) in [5.74, 6) is 0.219. The van der Waals surface area contributed by atoms with Gasteiger partial charge < -0.3 is 10.4 Å². The summed E-state index contributed by atoms with van der Waals surface area (Å²) in [7, 11) is 0. The number of carbonyl (C=O) groups excluding carboxylic acids is 1. The molecule has 0 saturated carbocycles. The van der Waals surface area contributed by atoms with Crippen LogP contribution in [0.2, 0.25) is 0 Å². The Kier molecular flexibility index (Phi) is 4.18. The van der Waals surface area contributed by atoms with Gasteiger partial charge in [-0.3, -0.25) is 4.79 Å². The van der Waals surface area contributed by atoms with Gasteiger partial charge in [-0.15, -0.1) is 0 Å². The van der Waals surface area contributed by atoms with E-state index in [2.05, 4.69) is 5.32 Å². The van der Waals surface area contributed by atoms with Crippen LogP contribution in [-0.2, 0) is 11.2 Å². The van der Waals surface area contributed by atoms with Crippen LogP contribution < -0.4 is 5.32 Å². The second-order valence-electron chi connectivity index (χ2n) is 4.54. The van der Waals surface area contributed by atoms with E-state index in [1.807, 2.05) is 30.3 Å². The molecule has 98 valence electrons. The van der Waals surface area contributed by atoms with E-state index in [0.29, 0.717) is 12.1 Å². The summed E-state index contributed by atoms with van der Waals surface area (Å²) in [6.45, 7) is 1.80. The van der Waals surface area contributed by atoms with E-state index < -0.39 is 0 Å². The van der Waals surface area contributed by atoms with Gasteiger partial charge in [-0.2, -0.15) is 0 Å². The average Bonchev–Trinajstić information content (AvgIpc) is 2.42. The summed E-state index contributed by atoms with van der Waals surface area (Å²) >= 11 is 0. The fourth-order valence-electron chi connectivity index (χ4n) is 1.86. The zero-order valence-electron chi connectivity index (χ0n) is 10.9. The van der Waals surface area contributed by atoms with Crippen LogP contribution in [0.25, 0.3) is 0 Å². The van der Waals surface area contributed by atoms with Crippen molar-refractivity contribution in [3.05, 3.63) is 59.7 Å². The number of aryl methyl sites for hydroxylation is 2. The zero-order chi connectivity index (χ0) is 13.7. The lowest BCUT2D eigenvalue weighted by molar-refractivity contribution is -0.116. The lowest BCUT2D eigenvalue weighted by Gasteiger charge is -2.07. The molecule has 2 aromatic rings. The maximum Gasteiger partial charge on any atom is 0.224 e. The van der Waals surface area contributed by atoms with E-state index >= 15 is 0 Å². The fourth-order valence-corrected chi connectivity index (χ4v) is 1.86. The Morgan fingerprint density at radius 2 is 1.89 bits per heavy atom. The minimum absolute atomic E-state index is 0.0195. The average molecular weight is 255 g/mol. The quantitative estimate of drug-likeness (QED) is 0.824. The van der Waals surface area contributed by atoms with Gasteiger partial charge in [0, 0.05) is 12.1 Å². The highest BCUT2D eigenvalue weighted by Gasteiger charge is 2.04. The van der Waals surface area contributed by atoms with Gasteiger partial charge in [0.15, 0.2) is 0 Å². The third-order valence-corrected chi connectivity index (χ3v) is 2.96. The molecule has 0 fully saturated rings. The van der Waals surface area contributed by atoms with Crippen LogP contribution in [0.15, 0.2) is 48.5 Å². The number of amides is 1. The maximum absolute atomic E-state index is 11.8. The minimum Gasteiger partial charge on any atom is -0.508 e. The zero-order valence-corrected chi connectivity index (χ0v) is 10.9. The molecule has 3 heteroatoms. The first-order chi connectivity index (χ1) is 9.15. The summed E-state index contributed by atoms with van der Waals surface area (Å²) in [4.78, 5) is 11.8. The highest BCUT2D eigenvalue weighted by molar-refractivity contribution is 5.91. The molecular weight excluding hydrogens is 238 g/mol. The van der Waals surface area contributed by atoms with Crippen molar-refractivity contribution in [2.75, 3.05) is 5.32 Å². The Bertz CT molecular complexity index is 564. The van der Waals surface area contributed by atoms with Gasteiger partial charge in [0.2, 0.25) is 5.91 Å². The first kappa shape index (κ1) is 13.1. The molecule has 0 saturated heterocycles. The number of phenols is 1. The summed E-state index contributed by atoms with van der Waals surface area (Å²) in [5.41, 5.74) is 2.62. The van der Waals surface area contributed by atoms with Gasteiger partial charge in [0.25, 0.3) is 0 Å². The number of hydrogen-bond acceptors (Lipinski definition) is 2. The van der Waals surface area contributed by atoms with Crippen molar-refractivity contribution < 1.29 is 9.90 Å². The second kappa shape index (κ2) is 6.05. The third-order valence-electron chi connectivity index (χ3n) is 2.96. The van der Waals surface area contributed by atoms with Gasteiger partial charge >= 0.3 is 0 Å². The molecule has 0 heterocycles. The molecule has 0 aliphatic heterocycles. The molecule has 0 aromatic heterocycles. The van der Waals surface area contributed by atoms with Crippen LogP contribution in [0.3, 0.4) is 0 Å². The predicted octanol–water partition coefficient (Wildman–Crippen LogP) is 3.27. The number of nitrogens with one attached hydrogen (secondary N) is 1. The Balaban J connectivity index is 1.89. The molecular formula is C16H17NO2. The molecule has 0 unspecified atom stereocenters. The largest absolute Gasteiger partial charge is 0.508 e. The van der Waals surface area contributed by atoms with Crippen LogP contribution >= 0.6 is 0 Å². The van der Waals surface area contributed by atoms with Crippen molar-refractivity contribution in [3.63, 3.8) is 0 Å². The Hall–Kier alpha value is -2.29. The first-order valence-electron chi connectivity index (χ1n) is 6.28. The molecule has 1 amide bonds. The number of phenolic OH excluding ortho intramolecular Hbond substituents is 1. The van der Waals surface area contributed by atoms with Crippen molar-refractivity contribution >= 4 is 11.6 Å². The Morgan fingerprint density at radius 3 is 2.58 bits per heavy atom. The van der Waals surface area contributed by atoms with E-state index in [1.165, 1.54) is 0 Å². The number of hydrogen-bond donors (Lipinski definition) is 2. The summed E-state index contributed by atoms with van der Waals surface area (Å²) in [6, 6.07) is 15.0. The molecule has 0 bridgehead atoms. The number of benzene rings is 2. The van der Waals surface area contributed by atoms with Crippen LogP contribution in [0.4, 0.5) is 5.69 Å². The van der Waals surface area contributed by atoms with Gasteiger partial charge in [-0.05, 0) is 42.7 Å². The van der Waals surface area contributed by atoms with Crippen molar-refractivity contribution in [3.8, 4) is 5.75 Å². The lowest BCUT2D eigenvalue weighted by atomic mass is 10.1. The molecule has 0 radical (unpaired) electrons. The van der Waals surface area contributed by atoms with Gasteiger partial charge in [0.1, 0.15) is 5.75 Å². The summed E-state index contributed by atoms with van der Waals surface area (Å²) < 4.78 is 0. The Morgan fingerprint density at radius 1 is 1.16 bits per heavy atom. The predicted molar refractivity (Wildman–Crippen MR) is 76.2 cm³/mol. The van der Waals surface area contributed by atoms with E-state index in [0.717, 1.165) is 17.5 Å². The molecule has 0 atom stereocenters. The molecule has 2 aromatic carbocycles. The normalized spacial score (nSPS) is 10.2. The minimum atomic E-state index is -0.0195. The first-order valence-corrected chi connectivity index (χ1v) is 6.28. The van der Waals surface area contributed by atoms with Crippen molar-refractivity contribution in [2.45, 2.75) is 19.8 Å². The number of anilines is 1. The van der Waals surface area contributed by atoms with E-state index in [-0.39, 0.29) is 11.7 Å². The standard InChI is InChI=1S/C16H17NO2/c1-12-11-14(8-9-15(12)18)17-16(19)10-7-13-5-3-2-4-6-13/h2-6,8-9,11,18H,7,10H2,1H3,(H,17,19).